The van der Waals surface area contributed by atoms with Gasteiger partial charge >= 0.3 is 17.1 Å². The van der Waals surface area contributed by atoms with E-state index in [0.29, 0.717) is 30.4 Å². The molecule has 13 heteroatoms. The second kappa shape index (κ2) is 40.6. The molecule has 67 heavy (non-hydrogen) atoms. The molecule has 0 unspecified atom stereocenters. The molecule has 3 rings (SSSR count). The molecule has 3 aromatic rings. The Balaban J connectivity index is 0.000000968. The minimum Gasteiger partial charge on any atom is -0.744 e. The summed E-state index contributed by atoms with van der Waals surface area (Å²) < 4.78 is 98.9. The Morgan fingerprint density at radius 1 is 0.328 bits per heavy atom. The van der Waals surface area contributed by atoms with E-state index in [-0.39, 0.29) is 31.8 Å². The quantitative estimate of drug-likeness (QED) is 0.0338. The van der Waals surface area contributed by atoms with Crippen molar-refractivity contribution >= 4 is 30.4 Å². The summed E-state index contributed by atoms with van der Waals surface area (Å²) >= 11 is 0. The van der Waals surface area contributed by atoms with Crippen molar-refractivity contribution in [2.24, 2.45) is 0 Å². The fourth-order valence-corrected chi connectivity index (χ4v) is 10.5. The molecule has 0 aromatic heterocycles. The maximum Gasteiger partial charge on any atom is 2.00 e. The van der Waals surface area contributed by atoms with Crippen molar-refractivity contribution in [3.05, 3.63) is 89.5 Å². The number of unbranched alkanes of at least 4 members (excludes halogenated alkanes) is 27. The second-order valence-corrected chi connectivity index (χ2v) is 22.1. The number of aryl methyl sites for hydroxylation is 3. The van der Waals surface area contributed by atoms with Crippen LogP contribution in [0.4, 0.5) is 0 Å². The van der Waals surface area contributed by atoms with Crippen LogP contribution in [0, 0.1) is 0 Å². The van der Waals surface area contributed by atoms with E-state index in [2.05, 4.69) is 20.8 Å². The second-order valence-electron chi connectivity index (χ2n) is 18.0. The van der Waals surface area contributed by atoms with E-state index >= 15 is 0 Å². The predicted molar refractivity (Wildman–Crippen MR) is 272 cm³/mol. The first-order chi connectivity index (χ1) is 31.7. The van der Waals surface area contributed by atoms with Crippen molar-refractivity contribution in [1.82, 2.24) is 0 Å². The van der Waals surface area contributed by atoms with Gasteiger partial charge in [-0.1, -0.05) is 249 Å². The standard InChI is InChI=1S/3C18H30O3S.Fe/c3*1-2-3-4-5-6-7-8-9-10-11-14-17-15-12-13-16-18(17)22(19,20)21;/h3*12-13,15-16H,2-11,14H2,1H3,(H,19,20,21);/q;;;+2/p-2. The van der Waals surface area contributed by atoms with Gasteiger partial charge in [0.1, 0.15) is 20.2 Å². The number of benzene rings is 3. The summed E-state index contributed by atoms with van der Waals surface area (Å²) in [7, 11) is -12.8. The van der Waals surface area contributed by atoms with Gasteiger partial charge in [-0.25, -0.2) is 16.8 Å². The summed E-state index contributed by atoms with van der Waals surface area (Å²) in [4.78, 5) is -0.0391. The molecule has 1 N–H and O–H groups in total. The Hall–Kier alpha value is -2.09. The molecule has 0 saturated carbocycles. The van der Waals surface area contributed by atoms with Crippen LogP contribution in [0.25, 0.3) is 0 Å². The molecule has 0 fully saturated rings. The Kier molecular flexibility index (Phi) is 39.4. The maximum absolute atomic E-state index is 11.3. The molecule has 0 saturated heterocycles. The summed E-state index contributed by atoms with van der Waals surface area (Å²) in [6.07, 6.45) is 39.6. The normalized spacial score (nSPS) is 11.6. The monoisotopic (exact) mass is 1030 g/mol. The first kappa shape index (κ1) is 64.9. The zero-order valence-corrected chi connectivity index (χ0v) is 45.1. The smallest absolute Gasteiger partial charge is 0.744 e. The van der Waals surface area contributed by atoms with Crippen LogP contribution < -0.4 is 0 Å². The van der Waals surface area contributed by atoms with E-state index in [0.717, 1.165) is 44.1 Å². The molecule has 0 aliphatic heterocycles. The van der Waals surface area contributed by atoms with E-state index in [1.807, 2.05) is 6.07 Å². The summed E-state index contributed by atoms with van der Waals surface area (Å²) in [5, 5.41) is 0. The molecule has 384 valence electrons. The van der Waals surface area contributed by atoms with Crippen molar-refractivity contribution in [2.45, 2.75) is 247 Å². The van der Waals surface area contributed by atoms with E-state index in [1.54, 1.807) is 48.5 Å². The van der Waals surface area contributed by atoms with Crippen LogP contribution in [0.3, 0.4) is 0 Å². The topological polar surface area (TPSA) is 169 Å². The first-order valence-corrected chi connectivity index (χ1v) is 30.0. The third-order valence-corrected chi connectivity index (χ3v) is 15.0. The summed E-state index contributed by atoms with van der Waals surface area (Å²) in [6.45, 7) is 6.70. The molecule has 0 bridgehead atoms. The molecule has 9 nitrogen and oxygen atoms in total. The first-order valence-electron chi connectivity index (χ1n) is 25.8. The van der Waals surface area contributed by atoms with Gasteiger partial charge in [-0.2, -0.15) is 8.42 Å². The SMILES string of the molecule is CCCCCCCCCCCCc1ccccc1S(=O)(=O)O.CCCCCCCCCCCCc1ccccc1S(=O)(=O)[O-].CCCCCCCCCCCCc1ccccc1S(=O)(=O)[O-].[Fe+2]. The van der Waals surface area contributed by atoms with E-state index < -0.39 is 30.4 Å². The number of rotatable bonds is 36. The predicted octanol–water partition coefficient (Wildman–Crippen LogP) is 15.5. The molecule has 3 aromatic carbocycles. The Labute approximate surface area is 420 Å². The van der Waals surface area contributed by atoms with Gasteiger partial charge in [0.05, 0.1) is 14.7 Å². The number of hydrogen-bond donors (Lipinski definition) is 1. The molecule has 0 aliphatic rings. The zero-order chi connectivity index (χ0) is 48.8. The van der Waals surface area contributed by atoms with Gasteiger partial charge < -0.3 is 9.11 Å². The van der Waals surface area contributed by atoms with Gasteiger partial charge in [-0.3, -0.25) is 4.55 Å². The van der Waals surface area contributed by atoms with E-state index in [4.69, 9.17) is 0 Å². The van der Waals surface area contributed by atoms with Crippen molar-refractivity contribution in [1.29, 1.82) is 0 Å². The Bertz CT molecular complexity index is 1760. The van der Waals surface area contributed by atoms with Crippen molar-refractivity contribution < 1.29 is 56.0 Å². The molecule has 0 radical (unpaired) electrons. The maximum atomic E-state index is 11.3. The fraction of sp³-hybridized carbons (Fsp3) is 0.667. The van der Waals surface area contributed by atoms with Crippen LogP contribution >= 0.6 is 0 Å². The van der Waals surface area contributed by atoms with Crippen LogP contribution in [0.1, 0.15) is 230 Å². The van der Waals surface area contributed by atoms with E-state index in [1.165, 1.54) is 172 Å². The Morgan fingerprint density at radius 2 is 0.522 bits per heavy atom. The minimum atomic E-state index is -4.35. The van der Waals surface area contributed by atoms with Gasteiger partial charge in [-0.05, 0) is 73.4 Å². The summed E-state index contributed by atoms with van der Waals surface area (Å²) in [5.41, 5.74) is 2.05. The van der Waals surface area contributed by atoms with Crippen molar-refractivity contribution in [3.8, 4) is 0 Å². The van der Waals surface area contributed by atoms with Crippen LogP contribution in [0.15, 0.2) is 87.5 Å². The average Bonchev–Trinajstić information content (AvgIpc) is 3.28. The molecular formula is C54H88FeO9S3. The van der Waals surface area contributed by atoms with Gasteiger partial charge in [0, 0.05) is 0 Å². The zero-order valence-electron chi connectivity index (χ0n) is 41.6. The van der Waals surface area contributed by atoms with Gasteiger partial charge in [0.25, 0.3) is 10.1 Å². The largest absolute Gasteiger partial charge is 2.00 e. The summed E-state index contributed by atoms with van der Waals surface area (Å²) in [6, 6.07) is 19.8. The molecule has 0 heterocycles. The molecule has 0 atom stereocenters. The summed E-state index contributed by atoms with van der Waals surface area (Å²) in [5.74, 6) is 0. The van der Waals surface area contributed by atoms with Crippen LogP contribution in [-0.4, -0.2) is 38.9 Å². The molecule has 0 spiro atoms. The average molecular weight is 1030 g/mol. The van der Waals surface area contributed by atoms with Gasteiger partial charge in [-0.15, -0.1) is 0 Å². The third kappa shape index (κ3) is 34.0. The third-order valence-electron chi connectivity index (χ3n) is 12.1. The fourth-order valence-electron chi connectivity index (χ4n) is 8.28. The molecule has 0 amide bonds. The Morgan fingerprint density at radius 3 is 0.746 bits per heavy atom. The number of hydrogen-bond acceptors (Lipinski definition) is 8. The van der Waals surface area contributed by atoms with Crippen LogP contribution in [-0.2, 0) is 66.7 Å². The minimum absolute atomic E-state index is 0. The van der Waals surface area contributed by atoms with Crippen molar-refractivity contribution in [3.63, 3.8) is 0 Å². The van der Waals surface area contributed by atoms with Gasteiger partial charge in [0.2, 0.25) is 0 Å². The van der Waals surface area contributed by atoms with Gasteiger partial charge in [0.15, 0.2) is 0 Å². The molecule has 0 aliphatic carbocycles. The van der Waals surface area contributed by atoms with Crippen LogP contribution in [0.5, 0.6) is 0 Å². The van der Waals surface area contributed by atoms with E-state index in [9.17, 15) is 38.9 Å². The molecular weight excluding hydrogens is 945 g/mol. The van der Waals surface area contributed by atoms with Crippen molar-refractivity contribution in [2.75, 3.05) is 0 Å². The van der Waals surface area contributed by atoms with Crippen LogP contribution in [0.2, 0.25) is 0 Å².